The number of phenols is 1. The van der Waals surface area contributed by atoms with Crippen molar-refractivity contribution in [3.8, 4) is 11.5 Å². The van der Waals surface area contributed by atoms with Crippen LogP contribution in [-0.2, 0) is 18.0 Å². The fraction of sp³-hybridized carbons (Fsp3) is 0.250. The zero-order valence-electron chi connectivity index (χ0n) is 12.3. The first-order chi connectivity index (χ1) is 10.5. The third-order valence-corrected chi connectivity index (χ3v) is 3.74. The number of hydrogen-bond donors (Lipinski definition) is 2. The number of benzene rings is 2. The highest BCUT2D eigenvalue weighted by Crippen LogP contribution is 2.23. The molecule has 2 aromatic rings. The van der Waals surface area contributed by atoms with Crippen molar-refractivity contribution in [1.82, 2.24) is 0 Å². The Balaban J connectivity index is 0.000000224. The van der Waals surface area contributed by atoms with Crippen molar-refractivity contribution in [1.29, 1.82) is 0 Å². The molecular weight excluding hydrogens is 416 g/mol. The Hall–Kier alpha value is -1.08. The zero-order chi connectivity index (χ0) is 16.5. The van der Waals surface area contributed by atoms with E-state index in [1.54, 1.807) is 26.4 Å². The van der Waals surface area contributed by atoms with Gasteiger partial charge in [0.1, 0.15) is 11.5 Å². The van der Waals surface area contributed by atoms with E-state index in [2.05, 4.69) is 31.9 Å². The fourth-order valence-electron chi connectivity index (χ4n) is 1.70. The molecule has 0 saturated carbocycles. The molecule has 22 heavy (non-hydrogen) atoms. The smallest absolute Gasteiger partial charge is 0.124 e. The first-order valence-corrected chi connectivity index (χ1v) is 8.00. The predicted molar refractivity (Wildman–Crippen MR) is 93.1 cm³/mol. The second-order valence-electron chi connectivity index (χ2n) is 4.32. The lowest BCUT2D eigenvalue weighted by molar-refractivity contribution is 0.181. The second-order valence-corrected chi connectivity index (χ2v) is 6.15. The number of hydrogen-bond acceptors (Lipinski definition) is 4. The standard InChI is InChI=1S/C9H11BrO2.C7H7BrO2/c1-11-6-7-5-8(10)3-4-9(7)12-2;8-6-1-2-7(10)5(3-6)4-9/h3-5H,6H2,1-2H3;1-3,9-10H,4H2. The van der Waals surface area contributed by atoms with Crippen LogP contribution in [0.4, 0.5) is 0 Å². The van der Waals surface area contributed by atoms with Crippen LogP contribution >= 0.6 is 31.9 Å². The van der Waals surface area contributed by atoms with Crippen LogP contribution in [0.2, 0.25) is 0 Å². The number of halogens is 2. The van der Waals surface area contributed by atoms with Crippen LogP contribution in [0.15, 0.2) is 45.3 Å². The topological polar surface area (TPSA) is 58.9 Å². The highest BCUT2D eigenvalue weighted by atomic mass is 79.9. The largest absolute Gasteiger partial charge is 0.508 e. The molecule has 2 aromatic carbocycles. The van der Waals surface area contributed by atoms with Gasteiger partial charge in [-0.1, -0.05) is 31.9 Å². The molecule has 0 spiro atoms. The molecule has 0 unspecified atom stereocenters. The molecule has 0 amide bonds. The van der Waals surface area contributed by atoms with Crippen molar-refractivity contribution in [2.75, 3.05) is 14.2 Å². The number of methoxy groups -OCH3 is 2. The van der Waals surface area contributed by atoms with Crippen molar-refractivity contribution in [3.63, 3.8) is 0 Å². The Morgan fingerprint density at radius 2 is 1.55 bits per heavy atom. The van der Waals surface area contributed by atoms with E-state index in [0.717, 1.165) is 20.3 Å². The zero-order valence-corrected chi connectivity index (χ0v) is 15.5. The van der Waals surface area contributed by atoms with Gasteiger partial charge in [0, 0.05) is 27.2 Å². The van der Waals surface area contributed by atoms with E-state index in [1.165, 1.54) is 6.07 Å². The molecule has 0 bridgehead atoms. The van der Waals surface area contributed by atoms with Gasteiger partial charge in [0.15, 0.2) is 0 Å². The minimum absolute atomic E-state index is 0.130. The number of rotatable bonds is 4. The van der Waals surface area contributed by atoms with Crippen LogP contribution in [0.5, 0.6) is 11.5 Å². The maximum atomic E-state index is 9.05. The molecule has 0 aliphatic rings. The molecule has 0 radical (unpaired) electrons. The number of aliphatic hydroxyl groups excluding tert-OH is 1. The lowest BCUT2D eigenvalue weighted by Gasteiger charge is -2.07. The van der Waals surface area contributed by atoms with E-state index in [1.807, 2.05) is 18.2 Å². The van der Waals surface area contributed by atoms with E-state index in [-0.39, 0.29) is 12.4 Å². The highest BCUT2D eigenvalue weighted by Gasteiger charge is 2.02. The van der Waals surface area contributed by atoms with E-state index in [4.69, 9.17) is 19.7 Å². The highest BCUT2D eigenvalue weighted by molar-refractivity contribution is 9.10. The first kappa shape index (κ1) is 19.0. The van der Waals surface area contributed by atoms with E-state index < -0.39 is 0 Å². The molecule has 6 heteroatoms. The Labute approximate surface area is 147 Å². The van der Waals surface area contributed by atoms with Crippen LogP contribution in [0, 0.1) is 0 Å². The van der Waals surface area contributed by atoms with Crippen molar-refractivity contribution >= 4 is 31.9 Å². The Morgan fingerprint density at radius 3 is 2.05 bits per heavy atom. The summed E-state index contributed by atoms with van der Waals surface area (Å²) in [7, 11) is 3.32. The molecule has 2 rings (SSSR count). The van der Waals surface area contributed by atoms with Crippen LogP contribution in [0.3, 0.4) is 0 Å². The fourth-order valence-corrected chi connectivity index (χ4v) is 2.51. The molecule has 0 fully saturated rings. The number of ether oxygens (including phenoxy) is 2. The summed E-state index contributed by atoms with van der Waals surface area (Å²) in [5.41, 5.74) is 1.59. The maximum Gasteiger partial charge on any atom is 0.124 e. The number of aliphatic hydroxyl groups is 1. The molecule has 0 aliphatic carbocycles. The summed E-state index contributed by atoms with van der Waals surface area (Å²) in [6, 6.07) is 10.8. The van der Waals surface area contributed by atoms with Crippen LogP contribution in [0.1, 0.15) is 11.1 Å². The van der Waals surface area contributed by atoms with Gasteiger partial charge in [-0.2, -0.15) is 0 Å². The van der Waals surface area contributed by atoms with E-state index in [0.29, 0.717) is 12.2 Å². The van der Waals surface area contributed by atoms with Gasteiger partial charge in [-0.05, 0) is 36.4 Å². The lowest BCUT2D eigenvalue weighted by atomic mass is 10.2. The minimum atomic E-state index is -0.134. The summed E-state index contributed by atoms with van der Waals surface area (Å²) in [6.45, 7) is 0.438. The van der Waals surface area contributed by atoms with Gasteiger partial charge >= 0.3 is 0 Å². The van der Waals surface area contributed by atoms with Crippen molar-refractivity contribution in [2.45, 2.75) is 13.2 Å². The molecule has 0 aliphatic heterocycles. The summed E-state index contributed by atoms with van der Waals surface area (Å²) in [5.74, 6) is 0.991. The van der Waals surface area contributed by atoms with Gasteiger partial charge < -0.3 is 19.7 Å². The molecule has 2 N–H and O–H groups in total. The predicted octanol–water partition coefficient (Wildman–Crippen LogP) is 4.25. The van der Waals surface area contributed by atoms with Gasteiger partial charge in [0.25, 0.3) is 0 Å². The SMILES string of the molecule is COCc1cc(Br)ccc1OC.OCc1cc(Br)ccc1O. The molecule has 120 valence electrons. The maximum absolute atomic E-state index is 9.05. The Bertz CT molecular complexity index is 603. The molecule has 0 heterocycles. The van der Waals surface area contributed by atoms with Gasteiger partial charge in [-0.3, -0.25) is 0 Å². The lowest BCUT2D eigenvalue weighted by Crippen LogP contribution is -1.93. The quantitative estimate of drug-likeness (QED) is 0.756. The summed E-state index contributed by atoms with van der Waals surface area (Å²) < 4.78 is 12.1. The average Bonchev–Trinajstić information content (AvgIpc) is 2.51. The minimum Gasteiger partial charge on any atom is -0.508 e. The monoisotopic (exact) mass is 432 g/mol. The summed E-state index contributed by atoms with van der Waals surface area (Å²) in [6.07, 6.45) is 0. The normalized spacial score (nSPS) is 9.86. The van der Waals surface area contributed by atoms with E-state index in [9.17, 15) is 0 Å². The Kier molecular flexibility index (Phi) is 8.48. The molecule has 4 nitrogen and oxygen atoms in total. The van der Waals surface area contributed by atoms with Crippen LogP contribution in [0.25, 0.3) is 0 Å². The molecule has 0 saturated heterocycles. The number of aromatic hydroxyl groups is 1. The molecular formula is C16H18Br2O4. The van der Waals surface area contributed by atoms with Gasteiger partial charge in [0.2, 0.25) is 0 Å². The van der Waals surface area contributed by atoms with Crippen LogP contribution < -0.4 is 4.74 Å². The molecule has 0 aromatic heterocycles. The Morgan fingerprint density at radius 1 is 0.955 bits per heavy atom. The summed E-state index contributed by atoms with van der Waals surface area (Å²) in [5, 5.41) is 17.7. The van der Waals surface area contributed by atoms with Crippen molar-refractivity contribution in [3.05, 3.63) is 56.5 Å². The third-order valence-electron chi connectivity index (χ3n) is 2.75. The first-order valence-electron chi connectivity index (χ1n) is 6.41. The third kappa shape index (κ3) is 5.96. The summed E-state index contributed by atoms with van der Waals surface area (Å²) in [4.78, 5) is 0. The molecule has 0 atom stereocenters. The van der Waals surface area contributed by atoms with Gasteiger partial charge in [-0.15, -0.1) is 0 Å². The van der Waals surface area contributed by atoms with Crippen molar-refractivity contribution in [2.24, 2.45) is 0 Å². The van der Waals surface area contributed by atoms with Gasteiger partial charge in [-0.25, -0.2) is 0 Å². The van der Waals surface area contributed by atoms with Crippen molar-refractivity contribution < 1.29 is 19.7 Å². The van der Waals surface area contributed by atoms with E-state index >= 15 is 0 Å². The summed E-state index contributed by atoms with van der Waals surface area (Å²) >= 11 is 6.60. The van der Waals surface area contributed by atoms with Gasteiger partial charge in [0.05, 0.1) is 20.3 Å². The van der Waals surface area contributed by atoms with Crippen LogP contribution in [-0.4, -0.2) is 24.4 Å². The average molecular weight is 434 g/mol. The second kappa shape index (κ2) is 9.84.